The molecular weight excluding hydrogens is 327 g/mol. The number of carbonyl (C=O) groups excluding carboxylic acids is 3. The molecule has 25 heavy (non-hydrogen) atoms. The lowest BCUT2D eigenvalue weighted by Crippen LogP contribution is -2.49. The zero-order valence-electron chi connectivity index (χ0n) is 13.8. The molecule has 1 aromatic carbocycles. The molecule has 2 aliphatic heterocycles. The minimum absolute atomic E-state index is 0.150. The summed E-state index contributed by atoms with van der Waals surface area (Å²) < 4.78 is 13.3. The highest BCUT2D eigenvalue weighted by Gasteiger charge is 2.33. The van der Waals surface area contributed by atoms with E-state index in [2.05, 4.69) is 5.32 Å². The van der Waals surface area contributed by atoms with E-state index in [-0.39, 0.29) is 36.2 Å². The molecular formula is C17H21FN4O3. The van der Waals surface area contributed by atoms with Crippen molar-refractivity contribution in [1.29, 1.82) is 0 Å². The Morgan fingerprint density at radius 2 is 1.96 bits per heavy atom. The number of benzene rings is 1. The Bertz CT molecular complexity index is 688. The smallest absolute Gasteiger partial charge is 0.317 e. The van der Waals surface area contributed by atoms with Crippen LogP contribution in [0, 0.1) is 11.7 Å². The van der Waals surface area contributed by atoms with E-state index in [9.17, 15) is 18.8 Å². The average molecular weight is 348 g/mol. The van der Waals surface area contributed by atoms with Gasteiger partial charge in [0.1, 0.15) is 5.82 Å². The van der Waals surface area contributed by atoms with Crippen molar-refractivity contribution in [2.45, 2.75) is 25.3 Å². The number of halogens is 1. The Morgan fingerprint density at radius 1 is 1.24 bits per heavy atom. The lowest BCUT2D eigenvalue weighted by atomic mass is 9.96. The molecule has 2 fully saturated rings. The molecule has 7 nitrogen and oxygen atoms in total. The van der Waals surface area contributed by atoms with E-state index in [1.165, 1.54) is 17.0 Å². The molecule has 0 unspecified atom stereocenters. The quantitative estimate of drug-likeness (QED) is 0.847. The summed E-state index contributed by atoms with van der Waals surface area (Å²) >= 11 is 0. The van der Waals surface area contributed by atoms with Gasteiger partial charge in [0.15, 0.2) is 0 Å². The molecule has 1 atom stereocenters. The minimum Gasteiger partial charge on any atom is -0.369 e. The van der Waals surface area contributed by atoms with Gasteiger partial charge in [-0.15, -0.1) is 0 Å². The zero-order chi connectivity index (χ0) is 18.0. The molecule has 0 saturated carbocycles. The number of rotatable bonds is 3. The molecule has 3 N–H and O–H groups in total. The van der Waals surface area contributed by atoms with E-state index >= 15 is 0 Å². The predicted octanol–water partition coefficient (Wildman–Crippen LogP) is 0.838. The van der Waals surface area contributed by atoms with Crippen LogP contribution in [0.5, 0.6) is 0 Å². The molecule has 1 aromatic rings. The summed E-state index contributed by atoms with van der Waals surface area (Å²) in [5, 5.41) is 2.85. The Labute approximate surface area is 144 Å². The highest BCUT2D eigenvalue weighted by molar-refractivity contribution is 5.96. The molecule has 134 valence electrons. The molecule has 0 spiro atoms. The van der Waals surface area contributed by atoms with Crippen molar-refractivity contribution in [3.8, 4) is 0 Å². The SMILES string of the molecule is NC(=O)C1CCN(C(=O)N[C@H]2CC(=O)N(c3cccc(F)c3)C2)CC1. The van der Waals surface area contributed by atoms with Crippen molar-refractivity contribution in [3.05, 3.63) is 30.1 Å². The third-order valence-corrected chi connectivity index (χ3v) is 4.76. The van der Waals surface area contributed by atoms with Gasteiger partial charge in [-0.25, -0.2) is 9.18 Å². The van der Waals surface area contributed by atoms with Gasteiger partial charge in [-0.1, -0.05) is 6.07 Å². The third-order valence-electron chi connectivity index (χ3n) is 4.76. The van der Waals surface area contributed by atoms with Gasteiger partial charge in [0, 0.05) is 37.7 Å². The van der Waals surface area contributed by atoms with E-state index in [4.69, 9.17) is 5.73 Å². The van der Waals surface area contributed by atoms with E-state index < -0.39 is 5.82 Å². The highest BCUT2D eigenvalue weighted by Crippen LogP contribution is 2.23. The fourth-order valence-electron chi connectivity index (χ4n) is 3.33. The van der Waals surface area contributed by atoms with E-state index in [1.54, 1.807) is 17.0 Å². The third kappa shape index (κ3) is 3.89. The number of nitrogens with one attached hydrogen (secondary N) is 1. The minimum atomic E-state index is -0.407. The van der Waals surface area contributed by atoms with Crippen molar-refractivity contribution >= 4 is 23.5 Å². The molecule has 0 radical (unpaired) electrons. The highest BCUT2D eigenvalue weighted by atomic mass is 19.1. The summed E-state index contributed by atoms with van der Waals surface area (Å²) in [7, 11) is 0. The van der Waals surface area contributed by atoms with Crippen LogP contribution in [0.1, 0.15) is 19.3 Å². The summed E-state index contributed by atoms with van der Waals surface area (Å²) in [6.07, 6.45) is 1.30. The first-order chi connectivity index (χ1) is 11.9. The van der Waals surface area contributed by atoms with Gasteiger partial charge in [0.2, 0.25) is 11.8 Å². The molecule has 0 bridgehead atoms. The predicted molar refractivity (Wildman–Crippen MR) is 89.2 cm³/mol. The van der Waals surface area contributed by atoms with Crippen molar-refractivity contribution in [2.75, 3.05) is 24.5 Å². The van der Waals surface area contributed by atoms with Gasteiger partial charge in [-0.2, -0.15) is 0 Å². The van der Waals surface area contributed by atoms with Crippen LogP contribution in [0.2, 0.25) is 0 Å². The zero-order valence-corrected chi connectivity index (χ0v) is 13.8. The van der Waals surface area contributed by atoms with Gasteiger partial charge in [-0.05, 0) is 31.0 Å². The fourth-order valence-corrected chi connectivity index (χ4v) is 3.33. The van der Waals surface area contributed by atoms with E-state index in [0.717, 1.165) is 0 Å². The molecule has 3 rings (SSSR count). The van der Waals surface area contributed by atoms with Crippen molar-refractivity contribution in [2.24, 2.45) is 11.7 Å². The summed E-state index contributed by atoms with van der Waals surface area (Å²) in [6.45, 7) is 1.24. The number of piperidine rings is 1. The maximum atomic E-state index is 13.3. The first-order valence-corrected chi connectivity index (χ1v) is 8.34. The van der Waals surface area contributed by atoms with Crippen LogP contribution in [0.15, 0.2) is 24.3 Å². The second-order valence-corrected chi connectivity index (χ2v) is 6.50. The Morgan fingerprint density at radius 3 is 2.60 bits per heavy atom. The molecule has 0 aliphatic carbocycles. The Balaban J connectivity index is 1.55. The standard InChI is InChI=1S/C17H21FN4O3/c18-12-2-1-3-14(8-12)22-10-13(9-15(22)23)20-17(25)21-6-4-11(5-7-21)16(19)24/h1-3,8,11,13H,4-7,9-10H2,(H2,19,24)(H,20,25)/t13-/m0/s1. The normalized spacial score (nSPS) is 21.5. The lowest BCUT2D eigenvalue weighted by Gasteiger charge is -2.31. The topological polar surface area (TPSA) is 95.7 Å². The average Bonchev–Trinajstić information content (AvgIpc) is 2.95. The molecule has 2 saturated heterocycles. The Hall–Kier alpha value is -2.64. The Kier molecular flexibility index (Phi) is 4.87. The van der Waals surface area contributed by atoms with Gasteiger partial charge in [-0.3, -0.25) is 9.59 Å². The first-order valence-electron chi connectivity index (χ1n) is 8.34. The number of nitrogens with zero attached hydrogens (tertiary/aromatic N) is 2. The monoisotopic (exact) mass is 348 g/mol. The number of likely N-dealkylation sites (tertiary alicyclic amines) is 1. The first kappa shape index (κ1) is 17.2. The van der Waals surface area contributed by atoms with Crippen molar-refractivity contribution in [1.82, 2.24) is 10.2 Å². The largest absolute Gasteiger partial charge is 0.369 e. The molecule has 2 aliphatic rings. The number of primary amides is 1. The van der Waals surface area contributed by atoms with Gasteiger partial charge >= 0.3 is 6.03 Å². The second kappa shape index (κ2) is 7.08. The number of anilines is 1. The molecule has 8 heteroatoms. The van der Waals surface area contributed by atoms with Gasteiger partial charge in [0.05, 0.1) is 6.04 Å². The summed E-state index contributed by atoms with van der Waals surface area (Å²) in [5.41, 5.74) is 5.78. The molecule has 0 aromatic heterocycles. The van der Waals surface area contributed by atoms with Crippen LogP contribution >= 0.6 is 0 Å². The maximum Gasteiger partial charge on any atom is 0.317 e. The summed E-state index contributed by atoms with van der Waals surface area (Å²) in [5.74, 6) is -1.06. The van der Waals surface area contributed by atoms with Gasteiger partial charge in [0.25, 0.3) is 0 Å². The van der Waals surface area contributed by atoms with Crippen LogP contribution in [0.4, 0.5) is 14.9 Å². The van der Waals surface area contributed by atoms with Gasteiger partial charge < -0.3 is 20.9 Å². The van der Waals surface area contributed by atoms with E-state index in [1.807, 2.05) is 0 Å². The number of amides is 4. The number of carbonyl (C=O) groups is 3. The number of hydrogen-bond acceptors (Lipinski definition) is 3. The summed E-state index contributed by atoms with van der Waals surface area (Å²) in [6, 6.07) is 5.27. The fraction of sp³-hybridized carbons (Fsp3) is 0.471. The number of urea groups is 1. The van der Waals surface area contributed by atoms with Crippen LogP contribution in [0.3, 0.4) is 0 Å². The lowest BCUT2D eigenvalue weighted by molar-refractivity contribution is -0.123. The van der Waals surface area contributed by atoms with Crippen LogP contribution in [0.25, 0.3) is 0 Å². The van der Waals surface area contributed by atoms with Crippen LogP contribution < -0.4 is 16.0 Å². The van der Waals surface area contributed by atoms with Crippen molar-refractivity contribution in [3.63, 3.8) is 0 Å². The van der Waals surface area contributed by atoms with E-state index in [0.29, 0.717) is 38.2 Å². The second-order valence-electron chi connectivity index (χ2n) is 6.50. The molecule has 2 heterocycles. The number of nitrogens with two attached hydrogens (primary N) is 1. The maximum absolute atomic E-state index is 13.3. The molecule has 4 amide bonds. The van der Waals surface area contributed by atoms with Crippen LogP contribution in [-0.2, 0) is 9.59 Å². The summed E-state index contributed by atoms with van der Waals surface area (Å²) in [4.78, 5) is 38.8. The van der Waals surface area contributed by atoms with Crippen molar-refractivity contribution < 1.29 is 18.8 Å². The van der Waals surface area contributed by atoms with Crippen LogP contribution in [-0.4, -0.2) is 48.4 Å². The number of hydrogen-bond donors (Lipinski definition) is 2.